The number of ether oxygens (including phenoxy) is 4. The van der Waals surface area contributed by atoms with Crippen molar-refractivity contribution in [1.82, 2.24) is 0 Å². The van der Waals surface area contributed by atoms with E-state index in [9.17, 15) is 19.8 Å². The highest BCUT2D eigenvalue weighted by atomic mass is 16.5. The number of rotatable bonds is 10. The topological polar surface area (TPSA) is 118 Å². The molecule has 210 valence electrons. The van der Waals surface area contributed by atoms with Crippen molar-refractivity contribution in [2.24, 2.45) is 0 Å². The second kappa shape index (κ2) is 12.9. The van der Waals surface area contributed by atoms with Crippen LogP contribution in [0.4, 0.5) is 11.4 Å². The van der Waals surface area contributed by atoms with Crippen LogP contribution in [0.5, 0.6) is 11.5 Å². The summed E-state index contributed by atoms with van der Waals surface area (Å²) >= 11 is 0. The van der Waals surface area contributed by atoms with E-state index in [4.69, 9.17) is 18.9 Å². The summed E-state index contributed by atoms with van der Waals surface area (Å²) in [5, 5.41) is 21.6. The van der Waals surface area contributed by atoms with Crippen molar-refractivity contribution in [1.29, 1.82) is 0 Å². The van der Waals surface area contributed by atoms with Gasteiger partial charge in [-0.15, -0.1) is 0 Å². The number of methoxy groups -OCH3 is 4. The summed E-state index contributed by atoms with van der Waals surface area (Å²) in [4.78, 5) is 28.1. The van der Waals surface area contributed by atoms with Crippen LogP contribution in [0, 0.1) is 23.7 Å². The monoisotopic (exact) mass is 548 g/mol. The van der Waals surface area contributed by atoms with E-state index in [2.05, 4.69) is 23.7 Å². The molecule has 2 aromatic carbocycles. The van der Waals surface area contributed by atoms with Crippen molar-refractivity contribution in [2.75, 3.05) is 38.2 Å². The van der Waals surface area contributed by atoms with E-state index in [0.29, 0.717) is 22.9 Å². The van der Waals surface area contributed by atoms with Crippen LogP contribution in [0.2, 0.25) is 0 Å². The molecule has 0 radical (unpaired) electrons. The molecule has 0 aliphatic carbocycles. The number of hydrogen-bond donors (Lipinski definition) is 2. The average Bonchev–Trinajstić information content (AvgIpc) is 2.97. The van der Waals surface area contributed by atoms with Crippen LogP contribution in [0.1, 0.15) is 12.8 Å². The number of amides is 2. The molecule has 2 fully saturated rings. The van der Waals surface area contributed by atoms with E-state index in [1.807, 2.05) is 0 Å². The number of nitrogens with zero attached hydrogens (tertiary/aromatic N) is 2. The highest BCUT2D eigenvalue weighted by Gasteiger charge is 2.52. The standard InChI is InChI=1S/C30H32N2O8/c1-37-21-15-11-19(12-16-21)31-25(27(39-3)29(31)35)23(33)9-7-5-6-8-10-24(34)26-28(40-4)30(36)32(26)20-13-17-22(38-2)18-14-20/h11-18,23-28,33-34H,9-10H2,1-4H3/t23-,24-,25+,26+,27-,28-/m1/s1. The Morgan fingerprint density at radius 3 is 1.32 bits per heavy atom. The Morgan fingerprint density at radius 2 is 1.02 bits per heavy atom. The third-order valence-corrected chi connectivity index (χ3v) is 7.04. The minimum Gasteiger partial charge on any atom is -0.497 e. The van der Waals surface area contributed by atoms with Crippen molar-refractivity contribution < 1.29 is 38.7 Å². The van der Waals surface area contributed by atoms with Crippen LogP contribution < -0.4 is 19.3 Å². The number of benzene rings is 2. The summed E-state index contributed by atoms with van der Waals surface area (Å²) < 4.78 is 20.9. The summed E-state index contributed by atoms with van der Waals surface area (Å²) in [6.07, 6.45) is -3.34. The van der Waals surface area contributed by atoms with Crippen LogP contribution in [0.15, 0.2) is 48.5 Å². The first-order valence-electron chi connectivity index (χ1n) is 12.7. The number of aliphatic hydroxyl groups is 2. The summed E-state index contributed by atoms with van der Waals surface area (Å²) in [7, 11) is 5.97. The van der Waals surface area contributed by atoms with Crippen LogP contribution >= 0.6 is 0 Å². The number of carbonyl (C=O) groups excluding carboxylic acids is 2. The maximum absolute atomic E-state index is 12.6. The zero-order chi connectivity index (χ0) is 28.8. The normalized spacial score (nSPS) is 23.1. The first kappa shape index (κ1) is 28.9. The van der Waals surface area contributed by atoms with Gasteiger partial charge in [0.25, 0.3) is 11.8 Å². The molecule has 2 amide bonds. The molecule has 10 heteroatoms. The summed E-state index contributed by atoms with van der Waals surface area (Å²) in [6, 6.07) is 12.7. The Balaban J connectivity index is 1.35. The maximum atomic E-state index is 12.6. The van der Waals surface area contributed by atoms with Crippen molar-refractivity contribution in [3.63, 3.8) is 0 Å². The average molecular weight is 549 g/mol. The third-order valence-electron chi connectivity index (χ3n) is 7.04. The van der Waals surface area contributed by atoms with Gasteiger partial charge in [-0.25, -0.2) is 0 Å². The van der Waals surface area contributed by atoms with Crippen molar-refractivity contribution in [3.8, 4) is 35.2 Å². The number of anilines is 2. The van der Waals surface area contributed by atoms with Gasteiger partial charge in [-0.1, -0.05) is 11.8 Å². The van der Waals surface area contributed by atoms with Gasteiger partial charge in [-0.05, 0) is 60.4 Å². The highest BCUT2D eigenvalue weighted by molar-refractivity contribution is 6.05. The molecular weight excluding hydrogens is 516 g/mol. The number of hydrogen-bond acceptors (Lipinski definition) is 8. The van der Waals surface area contributed by atoms with E-state index < -0.39 is 36.5 Å². The molecule has 0 spiro atoms. The summed E-state index contributed by atoms with van der Waals surface area (Å²) in [6.45, 7) is 0. The predicted octanol–water partition coefficient (Wildman–Crippen LogP) is 1.37. The van der Waals surface area contributed by atoms with Crippen molar-refractivity contribution >= 4 is 23.2 Å². The molecule has 2 aliphatic heterocycles. The van der Waals surface area contributed by atoms with Gasteiger partial charge in [0.2, 0.25) is 0 Å². The lowest BCUT2D eigenvalue weighted by Crippen LogP contribution is -2.70. The van der Waals surface area contributed by atoms with Gasteiger partial charge >= 0.3 is 0 Å². The van der Waals surface area contributed by atoms with E-state index in [1.165, 1.54) is 24.0 Å². The Labute approximate surface area is 233 Å². The second-order valence-electron chi connectivity index (χ2n) is 9.25. The van der Waals surface area contributed by atoms with E-state index in [1.54, 1.807) is 62.8 Å². The van der Waals surface area contributed by atoms with E-state index in [-0.39, 0.29) is 24.7 Å². The molecule has 2 N–H and O–H groups in total. The van der Waals surface area contributed by atoms with E-state index in [0.717, 1.165) is 0 Å². The lowest BCUT2D eigenvalue weighted by Gasteiger charge is -2.47. The first-order chi connectivity index (χ1) is 19.4. The fourth-order valence-corrected chi connectivity index (χ4v) is 4.92. The summed E-state index contributed by atoms with van der Waals surface area (Å²) in [5.74, 6) is 11.8. The molecule has 2 aliphatic rings. The van der Waals surface area contributed by atoms with Crippen LogP contribution in [0.3, 0.4) is 0 Å². The van der Waals surface area contributed by atoms with Crippen LogP contribution in [-0.2, 0) is 19.1 Å². The van der Waals surface area contributed by atoms with Gasteiger partial charge in [0.05, 0.1) is 38.5 Å². The summed E-state index contributed by atoms with van der Waals surface area (Å²) in [5.41, 5.74) is 1.25. The lowest BCUT2D eigenvalue weighted by molar-refractivity contribution is -0.144. The van der Waals surface area contributed by atoms with Crippen molar-refractivity contribution in [3.05, 3.63) is 48.5 Å². The van der Waals surface area contributed by atoms with Gasteiger partial charge in [0, 0.05) is 38.4 Å². The Bertz CT molecular complexity index is 1220. The quantitative estimate of drug-likeness (QED) is 0.338. The minimum absolute atomic E-state index is 0.0653. The molecule has 2 aromatic rings. The van der Waals surface area contributed by atoms with Gasteiger partial charge in [-0.2, -0.15) is 0 Å². The molecule has 2 heterocycles. The van der Waals surface area contributed by atoms with Crippen molar-refractivity contribution in [2.45, 2.75) is 49.3 Å². The van der Waals surface area contributed by atoms with Crippen LogP contribution in [0.25, 0.3) is 0 Å². The number of aliphatic hydroxyl groups excluding tert-OH is 2. The fraction of sp³-hybridized carbons (Fsp3) is 0.400. The number of β-lactam (4-membered cyclic amide) rings is 2. The third kappa shape index (κ3) is 5.62. The maximum Gasteiger partial charge on any atom is 0.258 e. The van der Waals surface area contributed by atoms with Gasteiger partial charge in [0.1, 0.15) is 11.5 Å². The molecule has 4 rings (SSSR count). The lowest BCUT2D eigenvalue weighted by atomic mass is 9.90. The van der Waals surface area contributed by atoms with Gasteiger partial charge < -0.3 is 39.0 Å². The molecular formula is C30H32N2O8. The smallest absolute Gasteiger partial charge is 0.258 e. The Kier molecular flexibility index (Phi) is 9.30. The first-order valence-corrected chi connectivity index (χ1v) is 12.7. The second-order valence-corrected chi connectivity index (χ2v) is 9.25. The van der Waals surface area contributed by atoms with E-state index >= 15 is 0 Å². The zero-order valence-corrected chi connectivity index (χ0v) is 22.7. The fourth-order valence-electron chi connectivity index (χ4n) is 4.92. The highest BCUT2D eigenvalue weighted by Crippen LogP contribution is 2.35. The molecule has 0 bridgehead atoms. The molecule has 0 aromatic heterocycles. The zero-order valence-electron chi connectivity index (χ0n) is 22.7. The largest absolute Gasteiger partial charge is 0.497 e. The molecule has 6 atom stereocenters. The van der Waals surface area contributed by atoms with Gasteiger partial charge in [0.15, 0.2) is 12.2 Å². The van der Waals surface area contributed by atoms with Crippen LogP contribution in [-0.4, -0.2) is 87.0 Å². The Morgan fingerprint density at radius 1 is 0.675 bits per heavy atom. The predicted molar refractivity (Wildman–Crippen MR) is 147 cm³/mol. The molecule has 10 nitrogen and oxygen atoms in total. The molecule has 0 unspecified atom stereocenters. The van der Waals surface area contributed by atoms with Gasteiger partial charge in [-0.3, -0.25) is 9.59 Å². The molecule has 2 saturated heterocycles. The molecule has 40 heavy (non-hydrogen) atoms. The number of carbonyl (C=O) groups is 2. The Hall–Kier alpha value is -4.06. The molecule has 0 saturated carbocycles. The SMILES string of the molecule is COc1ccc(N2C(=O)[C@H](OC)[C@@H]2[C@H](O)CC#CC#CC[C@@H](O)[C@H]2[C@@H](OC)C(=O)N2c2ccc(OC)cc2)cc1. The minimum atomic E-state index is -0.967.